The van der Waals surface area contributed by atoms with Crippen LogP contribution in [0, 0.1) is 6.92 Å². The van der Waals surface area contributed by atoms with E-state index in [4.69, 9.17) is 9.47 Å². The molecule has 28 heavy (non-hydrogen) atoms. The first kappa shape index (κ1) is 21.6. The lowest BCUT2D eigenvalue weighted by Gasteiger charge is -2.23. The fraction of sp³-hybridized carbons (Fsp3) is 0.435. The summed E-state index contributed by atoms with van der Waals surface area (Å²) in [6, 6.07) is 15.1. The van der Waals surface area contributed by atoms with Crippen molar-refractivity contribution in [1.82, 2.24) is 5.32 Å². The van der Waals surface area contributed by atoms with E-state index in [-0.39, 0.29) is 11.7 Å². The normalized spacial score (nSPS) is 12.6. The molecule has 0 aromatic heterocycles. The van der Waals surface area contributed by atoms with Gasteiger partial charge < -0.3 is 19.7 Å². The van der Waals surface area contributed by atoms with Crippen molar-refractivity contribution in [2.45, 2.75) is 46.1 Å². The number of nitrogens with one attached hydrogen (secondary N) is 1. The van der Waals surface area contributed by atoms with E-state index >= 15 is 0 Å². The molecule has 0 bridgehead atoms. The van der Waals surface area contributed by atoms with Crippen molar-refractivity contribution >= 4 is 17.5 Å². The Bertz CT molecular complexity index is 779. The molecule has 1 N–H and O–H groups in total. The summed E-state index contributed by atoms with van der Waals surface area (Å²) in [5.74, 6) is 1.04. The van der Waals surface area contributed by atoms with E-state index in [0.717, 1.165) is 25.2 Å². The average Bonchev–Trinajstić information content (AvgIpc) is 2.67. The second-order valence-electron chi connectivity index (χ2n) is 7.89. The Kier molecular flexibility index (Phi) is 7.32. The van der Waals surface area contributed by atoms with Gasteiger partial charge in [0.05, 0.1) is 6.61 Å². The molecule has 3 rings (SSSR count). The second kappa shape index (κ2) is 9.49. The maximum Gasteiger partial charge on any atom is 0.407 e. The lowest BCUT2D eigenvalue weighted by Crippen LogP contribution is -2.30. The zero-order chi connectivity index (χ0) is 20.7. The quantitative estimate of drug-likeness (QED) is 0.770. The zero-order valence-electron chi connectivity index (χ0n) is 17.8. The molecule has 1 heterocycles. The van der Waals surface area contributed by atoms with E-state index in [2.05, 4.69) is 66.7 Å². The van der Waals surface area contributed by atoms with Crippen LogP contribution < -0.4 is 15.0 Å². The van der Waals surface area contributed by atoms with Gasteiger partial charge in [-0.3, -0.25) is 0 Å². The van der Waals surface area contributed by atoms with Gasteiger partial charge in [0.2, 0.25) is 0 Å². The molecule has 0 atom stereocenters. The molecule has 0 aliphatic carbocycles. The van der Waals surface area contributed by atoms with Gasteiger partial charge in [0, 0.05) is 31.5 Å². The molecule has 0 unspecified atom stereocenters. The number of fused-ring (bicyclic) bond motifs is 1. The van der Waals surface area contributed by atoms with Gasteiger partial charge in [-0.05, 0) is 64.3 Å². The molecular weight excluding hydrogens is 352 g/mol. The summed E-state index contributed by atoms with van der Waals surface area (Å²) >= 11 is 0. The number of aryl methyl sites for hydroxylation is 2. The first-order chi connectivity index (χ1) is 13.2. The van der Waals surface area contributed by atoms with E-state index in [1.54, 1.807) is 0 Å². The Morgan fingerprint density at radius 1 is 1.11 bits per heavy atom. The van der Waals surface area contributed by atoms with Crippen LogP contribution in [0.4, 0.5) is 16.2 Å². The minimum atomic E-state index is -0.389. The summed E-state index contributed by atoms with van der Waals surface area (Å²) in [5, 5.41) is 2.36. The smallest absolute Gasteiger partial charge is 0.407 e. The maximum absolute atomic E-state index is 10.5. The number of carbonyl (C=O) groups is 1. The third kappa shape index (κ3) is 6.48. The van der Waals surface area contributed by atoms with Gasteiger partial charge in [-0.1, -0.05) is 23.8 Å². The highest BCUT2D eigenvalue weighted by Gasteiger charge is 2.14. The number of alkyl carbamates (subject to hydrolysis) is 1. The number of nitrogens with zero attached hydrogens (tertiary/aromatic N) is 1. The van der Waals surface area contributed by atoms with Crippen LogP contribution in [0.15, 0.2) is 42.5 Å². The molecule has 5 nitrogen and oxygen atoms in total. The molecule has 0 spiro atoms. The monoisotopic (exact) mass is 384 g/mol. The Balaban J connectivity index is 0.000000266. The van der Waals surface area contributed by atoms with Crippen molar-refractivity contribution in [3.8, 4) is 5.75 Å². The number of anilines is 2. The van der Waals surface area contributed by atoms with Crippen LogP contribution in [0.5, 0.6) is 5.75 Å². The molecule has 1 aliphatic heterocycles. The van der Waals surface area contributed by atoms with Gasteiger partial charge >= 0.3 is 6.09 Å². The van der Waals surface area contributed by atoms with Crippen LogP contribution in [0.2, 0.25) is 0 Å². The van der Waals surface area contributed by atoms with Gasteiger partial charge in [-0.25, -0.2) is 4.79 Å². The van der Waals surface area contributed by atoms with Crippen LogP contribution in [0.1, 0.15) is 38.3 Å². The summed E-state index contributed by atoms with van der Waals surface area (Å²) in [6.07, 6.45) is 1.87. The Morgan fingerprint density at radius 3 is 2.32 bits per heavy atom. The van der Waals surface area contributed by atoms with Crippen molar-refractivity contribution in [2.75, 3.05) is 25.6 Å². The van der Waals surface area contributed by atoms with E-state index in [9.17, 15) is 4.79 Å². The Labute approximate surface area is 168 Å². The van der Waals surface area contributed by atoms with Crippen molar-refractivity contribution in [2.24, 2.45) is 0 Å². The summed E-state index contributed by atoms with van der Waals surface area (Å²) in [6.45, 7) is 8.41. The summed E-state index contributed by atoms with van der Waals surface area (Å²) in [5.41, 5.74) is 4.59. The Morgan fingerprint density at radius 2 is 1.75 bits per heavy atom. The van der Waals surface area contributed by atoms with Crippen LogP contribution in [-0.2, 0) is 11.2 Å². The molecule has 0 saturated heterocycles. The lowest BCUT2D eigenvalue weighted by molar-refractivity contribution is 0.0541. The summed E-state index contributed by atoms with van der Waals surface area (Å²) in [7, 11) is 3.63. The van der Waals surface area contributed by atoms with E-state index in [1.165, 1.54) is 29.5 Å². The van der Waals surface area contributed by atoms with Gasteiger partial charge in [0.15, 0.2) is 0 Å². The average molecular weight is 385 g/mol. The lowest BCUT2D eigenvalue weighted by atomic mass is 10.1. The molecule has 2 aromatic carbocycles. The molecule has 2 aromatic rings. The van der Waals surface area contributed by atoms with E-state index in [0.29, 0.717) is 0 Å². The van der Waals surface area contributed by atoms with Crippen molar-refractivity contribution < 1.29 is 14.3 Å². The highest BCUT2D eigenvalue weighted by atomic mass is 16.6. The predicted octanol–water partition coefficient (Wildman–Crippen LogP) is 5.23. The number of hydrogen-bond acceptors (Lipinski definition) is 4. The van der Waals surface area contributed by atoms with E-state index in [1.807, 2.05) is 20.8 Å². The fourth-order valence-electron chi connectivity index (χ4n) is 2.78. The zero-order valence-corrected chi connectivity index (χ0v) is 17.8. The standard InChI is InChI=1S/C17H19NO.C6H13NO2/c1-13-5-8-15(9-6-13)18(2)16-10-7-14-4-3-11-19-17(14)12-16;1-6(2,3)9-5(8)7-4/h5-10,12H,3-4,11H2,1-2H3;1-4H3,(H,7,8). The molecular formula is C23H32N2O3. The SMILES string of the molecule is CNC(=O)OC(C)(C)C.Cc1ccc(N(C)c2ccc3c(c2)OCCC3)cc1. The maximum atomic E-state index is 10.5. The molecule has 0 saturated carbocycles. The first-order valence-corrected chi connectivity index (χ1v) is 9.66. The van der Waals surface area contributed by atoms with Crippen molar-refractivity contribution in [3.63, 3.8) is 0 Å². The van der Waals surface area contributed by atoms with Crippen LogP contribution >= 0.6 is 0 Å². The first-order valence-electron chi connectivity index (χ1n) is 9.66. The molecule has 0 fully saturated rings. The fourth-order valence-corrected chi connectivity index (χ4v) is 2.78. The number of hydrogen-bond donors (Lipinski definition) is 1. The van der Waals surface area contributed by atoms with Crippen molar-refractivity contribution in [1.29, 1.82) is 0 Å². The predicted molar refractivity (Wildman–Crippen MR) is 115 cm³/mol. The molecule has 152 valence electrons. The minimum Gasteiger partial charge on any atom is -0.493 e. The largest absolute Gasteiger partial charge is 0.493 e. The van der Waals surface area contributed by atoms with E-state index < -0.39 is 0 Å². The number of ether oxygens (including phenoxy) is 2. The van der Waals surface area contributed by atoms with Gasteiger partial charge in [0.1, 0.15) is 11.4 Å². The molecule has 1 aliphatic rings. The number of benzene rings is 2. The number of carbonyl (C=O) groups excluding carboxylic acids is 1. The third-order valence-corrected chi connectivity index (χ3v) is 4.31. The molecule has 5 heteroatoms. The highest BCUT2D eigenvalue weighted by molar-refractivity contribution is 5.67. The second-order valence-corrected chi connectivity index (χ2v) is 7.89. The van der Waals surface area contributed by atoms with Crippen LogP contribution in [-0.4, -0.2) is 32.4 Å². The number of rotatable bonds is 2. The van der Waals surface area contributed by atoms with Crippen LogP contribution in [0.25, 0.3) is 0 Å². The summed E-state index contributed by atoms with van der Waals surface area (Å²) in [4.78, 5) is 12.7. The minimum absolute atomic E-state index is 0.387. The third-order valence-electron chi connectivity index (χ3n) is 4.31. The highest BCUT2D eigenvalue weighted by Crippen LogP contribution is 2.32. The van der Waals surface area contributed by atoms with Gasteiger partial charge in [0.25, 0.3) is 0 Å². The summed E-state index contributed by atoms with van der Waals surface area (Å²) < 4.78 is 10.6. The molecule has 0 radical (unpaired) electrons. The van der Waals surface area contributed by atoms with Crippen molar-refractivity contribution in [3.05, 3.63) is 53.6 Å². The Hall–Kier alpha value is -2.69. The topological polar surface area (TPSA) is 50.8 Å². The number of amides is 1. The molecule has 1 amide bonds. The van der Waals surface area contributed by atoms with Crippen LogP contribution in [0.3, 0.4) is 0 Å². The van der Waals surface area contributed by atoms with Gasteiger partial charge in [-0.2, -0.15) is 0 Å². The van der Waals surface area contributed by atoms with Gasteiger partial charge in [-0.15, -0.1) is 0 Å².